The van der Waals surface area contributed by atoms with Crippen LogP contribution in [0.15, 0.2) is 24.3 Å². The summed E-state index contributed by atoms with van der Waals surface area (Å²) in [5.74, 6) is -1.93. The first-order chi connectivity index (χ1) is 9.78. The highest BCUT2D eigenvalue weighted by molar-refractivity contribution is 5.95. The van der Waals surface area contributed by atoms with Gasteiger partial charge < -0.3 is 10.0 Å². The van der Waals surface area contributed by atoms with Crippen molar-refractivity contribution < 1.29 is 19.1 Å². The molecule has 21 heavy (non-hydrogen) atoms. The van der Waals surface area contributed by atoms with E-state index in [0.29, 0.717) is 13.1 Å². The fourth-order valence-corrected chi connectivity index (χ4v) is 2.42. The smallest absolute Gasteiger partial charge is 0.328 e. The molecule has 0 spiro atoms. The Morgan fingerprint density at radius 1 is 1.38 bits per heavy atom. The van der Waals surface area contributed by atoms with Crippen molar-refractivity contribution in [2.24, 2.45) is 5.41 Å². The molecule has 2 rings (SSSR count). The average Bonchev–Trinajstić information content (AvgIpc) is 2.76. The van der Waals surface area contributed by atoms with E-state index in [9.17, 15) is 14.0 Å². The number of hydrogen-bond donors (Lipinski definition) is 1. The molecule has 0 unspecified atom stereocenters. The first-order valence-electron chi connectivity index (χ1n) is 6.78. The molecule has 1 amide bonds. The summed E-state index contributed by atoms with van der Waals surface area (Å²) in [5.41, 5.74) is 0.534. The monoisotopic (exact) mass is 291 g/mol. The number of carbonyl (C=O) groups is 2. The number of aliphatic carboxylic acids is 1. The highest BCUT2D eigenvalue weighted by atomic mass is 19.1. The minimum atomic E-state index is -1.14. The second-order valence-electron chi connectivity index (χ2n) is 6.05. The maximum Gasteiger partial charge on any atom is 0.328 e. The maximum atomic E-state index is 13.9. The lowest BCUT2D eigenvalue weighted by atomic mass is 9.93. The van der Waals surface area contributed by atoms with Crippen LogP contribution in [0.1, 0.15) is 36.2 Å². The molecule has 1 aliphatic heterocycles. The van der Waals surface area contributed by atoms with Crippen molar-refractivity contribution in [1.29, 1.82) is 0 Å². The molecule has 0 aliphatic carbocycles. The van der Waals surface area contributed by atoms with Crippen molar-refractivity contribution in [2.45, 2.75) is 20.3 Å². The van der Waals surface area contributed by atoms with Crippen LogP contribution in [-0.4, -0.2) is 35.0 Å². The normalized spacial score (nSPS) is 17.4. The number of likely N-dealkylation sites (tertiary alicyclic amines) is 1. The molecule has 0 aromatic heterocycles. The Bertz CT molecular complexity index is 608. The van der Waals surface area contributed by atoms with Gasteiger partial charge in [0.05, 0.1) is 0 Å². The summed E-state index contributed by atoms with van der Waals surface area (Å²) in [6.07, 6.45) is 2.97. The van der Waals surface area contributed by atoms with E-state index in [4.69, 9.17) is 5.11 Å². The third kappa shape index (κ3) is 3.68. The zero-order valence-electron chi connectivity index (χ0n) is 12.1. The van der Waals surface area contributed by atoms with Crippen molar-refractivity contribution >= 4 is 18.0 Å². The van der Waals surface area contributed by atoms with Crippen molar-refractivity contribution in [3.8, 4) is 0 Å². The molecule has 1 aliphatic rings. The van der Waals surface area contributed by atoms with E-state index in [1.54, 1.807) is 4.90 Å². The van der Waals surface area contributed by atoms with Gasteiger partial charge in [-0.3, -0.25) is 4.79 Å². The van der Waals surface area contributed by atoms with Gasteiger partial charge in [-0.25, -0.2) is 9.18 Å². The molecular formula is C16H18FNO3. The number of halogens is 1. The van der Waals surface area contributed by atoms with Crippen LogP contribution in [0.2, 0.25) is 0 Å². The molecule has 5 heteroatoms. The van der Waals surface area contributed by atoms with Crippen LogP contribution in [-0.2, 0) is 4.79 Å². The van der Waals surface area contributed by atoms with Crippen LogP contribution >= 0.6 is 0 Å². The Hall–Kier alpha value is -2.17. The number of amides is 1. The third-order valence-corrected chi connectivity index (χ3v) is 3.62. The standard InChI is InChI=1S/C16H18FNO3/c1-16(2)7-8-18(10-16)15(21)12-4-3-11(13(17)9-12)5-6-14(19)20/h3-6,9H,7-8,10H2,1-2H3,(H,19,20)/b6-5+. The molecule has 1 N–H and O–H groups in total. The van der Waals surface area contributed by atoms with E-state index in [2.05, 4.69) is 13.8 Å². The molecule has 1 saturated heterocycles. The molecule has 1 heterocycles. The lowest BCUT2D eigenvalue weighted by Crippen LogP contribution is -2.30. The number of rotatable bonds is 3. The summed E-state index contributed by atoms with van der Waals surface area (Å²) in [5, 5.41) is 8.53. The number of benzene rings is 1. The molecule has 0 radical (unpaired) electrons. The van der Waals surface area contributed by atoms with Crippen molar-refractivity contribution in [2.75, 3.05) is 13.1 Å². The Labute approximate surface area is 122 Å². The Morgan fingerprint density at radius 2 is 2.10 bits per heavy atom. The topological polar surface area (TPSA) is 57.6 Å². The summed E-state index contributed by atoms with van der Waals surface area (Å²) in [4.78, 5) is 24.5. The second-order valence-corrected chi connectivity index (χ2v) is 6.05. The molecule has 0 saturated carbocycles. The number of nitrogens with zero attached hydrogens (tertiary/aromatic N) is 1. The highest BCUT2D eigenvalue weighted by Crippen LogP contribution is 2.29. The van der Waals surface area contributed by atoms with Gasteiger partial charge in [0, 0.05) is 30.3 Å². The van der Waals surface area contributed by atoms with Gasteiger partial charge in [0.1, 0.15) is 5.82 Å². The largest absolute Gasteiger partial charge is 0.478 e. The quantitative estimate of drug-likeness (QED) is 0.871. The molecule has 112 valence electrons. The van der Waals surface area contributed by atoms with Crippen molar-refractivity contribution in [3.63, 3.8) is 0 Å². The van der Waals surface area contributed by atoms with E-state index in [1.165, 1.54) is 18.2 Å². The molecule has 0 atom stereocenters. The molecule has 4 nitrogen and oxygen atoms in total. The summed E-state index contributed by atoms with van der Waals surface area (Å²) in [6, 6.07) is 4.11. The summed E-state index contributed by atoms with van der Waals surface area (Å²) >= 11 is 0. The van der Waals surface area contributed by atoms with E-state index >= 15 is 0 Å². The average molecular weight is 291 g/mol. The lowest BCUT2D eigenvalue weighted by molar-refractivity contribution is -0.131. The summed E-state index contributed by atoms with van der Waals surface area (Å²) in [7, 11) is 0. The molecule has 0 bridgehead atoms. The van der Waals surface area contributed by atoms with E-state index in [1.807, 2.05) is 0 Å². The van der Waals surface area contributed by atoms with Gasteiger partial charge in [-0.15, -0.1) is 0 Å². The van der Waals surface area contributed by atoms with Crippen molar-refractivity contribution in [1.82, 2.24) is 4.90 Å². The van der Waals surface area contributed by atoms with Gasteiger partial charge in [0.15, 0.2) is 0 Å². The second kappa shape index (κ2) is 5.68. The first kappa shape index (κ1) is 15.2. The van der Waals surface area contributed by atoms with Crippen LogP contribution in [0.4, 0.5) is 4.39 Å². The SMILES string of the molecule is CC1(C)CCN(C(=O)c2ccc(/C=C/C(=O)O)c(F)c2)C1. The molecule has 1 aromatic rings. The minimum absolute atomic E-state index is 0.0956. The van der Waals surface area contributed by atoms with E-state index in [-0.39, 0.29) is 22.4 Å². The highest BCUT2D eigenvalue weighted by Gasteiger charge is 2.32. The van der Waals surface area contributed by atoms with Gasteiger partial charge in [-0.2, -0.15) is 0 Å². The van der Waals surface area contributed by atoms with Crippen LogP contribution in [0.3, 0.4) is 0 Å². The van der Waals surface area contributed by atoms with Crippen LogP contribution in [0.25, 0.3) is 6.08 Å². The number of carboxylic acid groups (broad SMARTS) is 1. The number of carboxylic acids is 1. The van der Waals surface area contributed by atoms with Crippen molar-refractivity contribution in [3.05, 3.63) is 41.2 Å². The summed E-state index contributed by atoms with van der Waals surface area (Å²) in [6.45, 7) is 5.53. The minimum Gasteiger partial charge on any atom is -0.478 e. The third-order valence-electron chi connectivity index (χ3n) is 3.62. The van der Waals surface area contributed by atoms with Gasteiger partial charge >= 0.3 is 5.97 Å². The Kier molecular flexibility index (Phi) is 4.11. The fraction of sp³-hybridized carbons (Fsp3) is 0.375. The maximum absolute atomic E-state index is 13.9. The fourth-order valence-electron chi connectivity index (χ4n) is 2.42. The predicted molar refractivity (Wildman–Crippen MR) is 77.4 cm³/mol. The molecule has 1 fully saturated rings. The Balaban J connectivity index is 2.17. The van der Waals surface area contributed by atoms with Gasteiger partial charge in [0.25, 0.3) is 5.91 Å². The van der Waals surface area contributed by atoms with Crippen LogP contribution in [0, 0.1) is 11.2 Å². The summed E-state index contributed by atoms with van der Waals surface area (Å²) < 4.78 is 13.9. The lowest BCUT2D eigenvalue weighted by Gasteiger charge is -2.20. The molecule has 1 aromatic carbocycles. The first-order valence-corrected chi connectivity index (χ1v) is 6.78. The zero-order valence-corrected chi connectivity index (χ0v) is 12.1. The Morgan fingerprint density at radius 3 is 2.62 bits per heavy atom. The zero-order chi connectivity index (χ0) is 15.6. The van der Waals surface area contributed by atoms with E-state index < -0.39 is 11.8 Å². The van der Waals surface area contributed by atoms with Crippen LogP contribution < -0.4 is 0 Å². The number of carbonyl (C=O) groups excluding carboxylic acids is 1. The van der Waals surface area contributed by atoms with Gasteiger partial charge in [-0.1, -0.05) is 19.9 Å². The van der Waals surface area contributed by atoms with Gasteiger partial charge in [-0.05, 0) is 30.0 Å². The molecular weight excluding hydrogens is 273 g/mol. The predicted octanol–water partition coefficient (Wildman–Crippen LogP) is 2.80. The van der Waals surface area contributed by atoms with Gasteiger partial charge in [0.2, 0.25) is 0 Å². The van der Waals surface area contributed by atoms with E-state index in [0.717, 1.165) is 18.6 Å². The number of hydrogen-bond acceptors (Lipinski definition) is 2. The van der Waals surface area contributed by atoms with Crippen LogP contribution in [0.5, 0.6) is 0 Å².